The van der Waals surface area contributed by atoms with E-state index in [1.807, 2.05) is 0 Å². The van der Waals surface area contributed by atoms with E-state index < -0.39 is 5.97 Å². The lowest BCUT2D eigenvalue weighted by Crippen LogP contribution is -2.44. The number of amides is 2. The zero-order valence-electron chi connectivity index (χ0n) is 13.6. The maximum Gasteiger partial charge on any atom is 0.323 e. The van der Waals surface area contributed by atoms with Crippen LogP contribution in [0.3, 0.4) is 0 Å². The Kier molecular flexibility index (Phi) is 10.6. The van der Waals surface area contributed by atoms with Gasteiger partial charge in [-0.15, -0.1) is 0 Å². The number of aliphatic carboxylic acids is 1. The molecule has 0 radical (unpaired) electrons. The van der Waals surface area contributed by atoms with Crippen LogP contribution in [0.15, 0.2) is 0 Å². The van der Waals surface area contributed by atoms with Crippen molar-refractivity contribution in [3.05, 3.63) is 0 Å². The van der Waals surface area contributed by atoms with E-state index in [1.165, 1.54) is 12.0 Å². The van der Waals surface area contributed by atoms with Crippen LogP contribution in [-0.4, -0.2) is 79.9 Å². The van der Waals surface area contributed by atoms with E-state index in [0.717, 1.165) is 19.4 Å². The zero-order chi connectivity index (χ0) is 16.3. The van der Waals surface area contributed by atoms with Crippen LogP contribution in [0, 0.1) is 0 Å². The fourth-order valence-electron chi connectivity index (χ4n) is 1.67. The van der Waals surface area contributed by atoms with Crippen LogP contribution in [0.2, 0.25) is 0 Å². The molecule has 0 aromatic heterocycles. The van der Waals surface area contributed by atoms with Gasteiger partial charge >= 0.3 is 12.0 Å². The Bertz CT molecular complexity index is 311. The van der Waals surface area contributed by atoms with Crippen LogP contribution >= 0.6 is 0 Å². The fraction of sp³-hybridized carbons (Fsp3) is 0.857. The van der Waals surface area contributed by atoms with Gasteiger partial charge in [0.15, 0.2) is 0 Å². The number of unbranched alkanes of at least 4 members (excludes halogenated alkanes) is 1. The maximum atomic E-state index is 11.9. The molecule has 0 bridgehead atoms. The Hall–Kier alpha value is -1.34. The minimum Gasteiger partial charge on any atom is -0.480 e. The topological polar surface area (TPSA) is 82.1 Å². The summed E-state index contributed by atoms with van der Waals surface area (Å²) in [5.41, 5.74) is 0. The van der Waals surface area contributed by atoms with Gasteiger partial charge in [-0.2, -0.15) is 0 Å². The molecule has 0 spiro atoms. The normalized spacial score (nSPS) is 11.0. The molecule has 0 rings (SSSR count). The first-order valence-electron chi connectivity index (χ1n) is 7.32. The van der Waals surface area contributed by atoms with Gasteiger partial charge in [0.05, 0.1) is 6.61 Å². The van der Waals surface area contributed by atoms with Crippen LogP contribution in [0.1, 0.15) is 26.7 Å². The molecule has 21 heavy (non-hydrogen) atoms. The van der Waals surface area contributed by atoms with Crippen molar-refractivity contribution in [2.45, 2.75) is 32.7 Å². The highest BCUT2D eigenvalue weighted by atomic mass is 16.5. The number of carboxylic acids is 1. The number of ether oxygens (including phenoxy) is 1. The Labute approximate surface area is 127 Å². The number of methoxy groups -OCH3 is 1. The predicted octanol–water partition coefficient (Wildman–Crippen LogP) is 0.849. The van der Waals surface area contributed by atoms with Crippen molar-refractivity contribution in [3.63, 3.8) is 0 Å². The third-order valence-electron chi connectivity index (χ3n) is 3.27. The molecular weight excluding hydrogens is 274 g/mol. The highest BCUT2D eigenvalue weighted by Gasteiger charge is 2.15. The average molecular weight is 303 g/mol. The van der Waals surface area contributed by atoms with Gasteiger partial charge in [0, 0.05) is 26.2 Å². The molecule has 0 fully saturated rings. The summed E-state index contributed by atoms with van der Waals surface area (Å²) in [4.78, 5) is 26.1. The minimum absolute atomic E-state index is 0.269. The van der Waals surface area contributed by atoms with Gasteiger partial charge in [-0.25, -0.2) is 4.79 Å². The number of carbonyl (C=O) groups excluding carboxylic acids is 1. The number of rotatable bonds is 11. The van der Waals surface area contributed by atoms with Crippen molar-refractivity contribution in [3.8, 4) is 0 Å². The smallest absolute Gasteiger partial charge is 0.323 e. The van der Waals surface area contributed by atoms with E-state index in [-0.39, 0.29) is 19.1 Å². The lowest BCUT2D eigenvalue weighted by molar-refractivity contribution is -0.137. The van der Waals surface area contributed by atoms with E-state index in [9.17, 15) is 9.59 Å². The Morgan fingerprint density at radius 2 is 1.90 bits per heavy atom. The van der Waals surface area contributed by atoms with Crippen LogP contribution in [0.5, 0.6) is 0 Å². The Morgan fingerprint density at radius 1 is 1.24 bits per heavy atom. The number of carboxylic acid groups (broad SMARTS) is 1. The lowest BCUT2D eigenvalue weighted by atomic mass is 10.2. The van der Waals surface area contributed by atoms with Gasteiger partial charge in [-0.05, 0) is 40.3 Å². The fourth-order valence-corrected chi connectivity index (χ4v) is 1.67. The summed E-state index contributed by atoms with van der Waals surface area (Å²) in [6, 6.07) is 0.159. The molecule has 0 saturated carbocycles. The summed E-state index contributed by atoms with van der Waals surface area (Å²) < 4.78 is 4.88. The number of nitrogens with zero attached hydrogens (tertiary/aromatic N) is 2. The summed E-state index contributed by atoms with van der Waals surface area (Å²) in [5, 5.41) is 11.5. The molecule has 0 aromatic rings. The summed E-state index contributed by atoms with van der Waals surface area (Å²) >= 11 is 0. The van der Waals surface area contributed by atoms with E-state index in [2.05, 4.69) is 31.1 Å². The largest absolute Gasteiger partial charge is 0.480 e. The van der Waals surface area contributed by atoms with Crippen molar-refractivity contribution >= 4 is 12.0 Å². The molecule has 0 unspecified atom stereocenters. The molecule has 7 heteroatoms. The highest BCUT2D eigenvalue weighted by molar-refractivity contribution is 5.80. The first-order chi connectivity index (χ1) is 9.88. The van der Waals surface area contributed by atoms with E-state index >= 15 is 0 Å². The Balaban J connectivity index is 3.94. The molecule has 0 aromatic carbocycles. The second-order valence-electron chi connectivity index (χ2n) is 5.32. The summed E-state index contributed by atoms with van der Waals surface area (Å²) in [6.45, 7) is 6.09. The SMILES string of the molecule is COCCN(CC(=O)O)C(=O)NCCCCN(C)C(C)C. The summed E-state index contributed by atoms with van der Waals surface area (Å²) in [5.74, 6) is -1.03. The summed E-state index contributed by atoms with van der Waals surface area (Å²) in [7, 11) is 3.59. The maximum absolute atomic E-state index is 11.9. The predicted molar refractivity (Wildman–Crippen MR) is 81.5 cm³/mol. The second-order valence-corrected chi connectivity index (χ2v) is 5.32. The quantitative estimate of drug-likeness (QED) is 0.553. The van der Waals surface area contributed by atoms with E-state index in [0.29, 0.717) is 19.2 Å². The molecule has 0 aliphatic carbocycles. The van der Waals surface area contributed by atoms with E-state index in [1.54, 1.807) is 0 Å². The van der Waals surface area contributed by atoms with Crippen LogP contribution in [0.25, 0.3) is 0 Å². The van der Waals surface area contributed by atoms with Crippen molar-refractivity contribution in [1.82, 2.24) is 15.1 Å². The molecule has 0 aliphatic rings. The van der Waals surface area contributed by atoms with Crippen molar-refractivity contribution in [2.24, 2.45) is 0 Å². The van der Waals surface area contributed by atoms with Gasteiger partial charge in [0.25, 0.3) is 0 Å². The standard InChI is InChI=1S/C14H29N3O4/c1-12(2)16(3)8-6-5-7-15-14(20)17(9-10-21-4)11-13(18)19/h12H,5-11H2,1-4H3,(H,15,20)(H,18,19). The number of hydrogen-bond acceptors (Lipinski definition) is 4. The van der Waals surface area contributed by atoms with Gasteiger partial charge < -0.3 is 25.0 Å². The number of nitrogens with one attached hydrogen (secondary N) is 1. The third kappa shape index (κ3) is 10.1. The minimum atomic E-state index is -1.03. The second kappa shape index (κ2) is 11.3. The van der Waals surface area contributed by atoms with Crippen molar-refractivity contribution in [1.29, 1.82) is 0 Å². The van der Waals surface area contributed by atoms with Gasteiger partial charge in [-0.1, -0.05) is 0 Å². The highest BCUT2D eigenvalue weighted by Crippen LogP contribution is 1.98. The molecular formula is C14H29N3O4. The van der Waals surface area contributed by atoms with Crippen molar-refractivity contribution in [2.75, 3.05) is 46.9 Å². The summed E-state index contributed by atoms with van der Waals surface area (Å²) in [6.07, 6.45) is 1.86. The van der Waals surface area contributed by atoms with Crippen LogP contribution in [0.4, 0.5) is 4.79 Å². The van der Waals surface area contributed by atoms with Crippen LogP contribution < -0.4 is 5.32 Å². The van der Waals surface area contributed by atoms with Crippen LogP contribution in [-0.2, 0) is 9.53 Å². The molecule has 0 aliphatic heterocycles. The Morgan fingerprint density at radius 3 is 2.43 bits per heavy atom. The number of urea groups is 1. The monoisotopic (exact) mass is 303 g/mol. The average Bonchev–Trinajstić information content (AvgIpc) is 2.41. The molecule has 0 atom stereocenters. The van der Waals surface area contributed by atoms with E-state index in [4.69, 9.17) is 9.84 Å². The number of hydrogen-bond donors (Lipinski definition) is 2. The zero-order valence-corrected chi connectivity index (χ0v) is 13.6. The first kappa shape index (κ1) is 19.7. The van der Waals surface area contributed by atoms with Gasteiger partial charge in [0.2, 0.25) is 0 Å². The third-order valence-corrected chi connectivity index (χ3v) is 3.27. The molecule has 0 heterocycles. The van der Waals surface area contributed by atoms with Gasteiger partial charge in [0.1, 0.15) is 6.54 Å². The molecule has 2 N–H and O–H groups in total. The molecule has 0 saturated heterocycles. The number of carbonyl (C=O) groups is 2. The molecule has 7 nitrogen and oxygen atoms in total. The first-order valence-corrected chi connectivity index (χ1v) is 7.32. The van der Waals surface area contributed by atoms with Crippen molar-refractivity contribution < 1.29 is 19.4 Å². The molecule has 124 valence electrons. The lowest BCUT2D eigenvalue weighted by Gasteiger charge is -2.22. The molecule has 2 amide bonds. The van der Waals surface area contributed by atoms with Gasteiger partial charge in [-0.3, -0.25) is 4.79 Å².